The Balaban J connectivity index is 2.80. The smallest absolute Gasteiger partial charge is 0.204 e. The van der Waals surface area contributed by atoms with Crippen LogP contribution in [-0.4, -0.2) is 15.0 Å². The van der Waals surface area contributed by atoms with Gasteiger partial charge in [0.25, 0.3) is 0 Å². The molecule has 47 valence electrons. The lowest BCUT2D eigenvalue weighted by Gasteiger charge is -1.79. The van der Waals surface area contributed by atoms with Gasteiger partial charge in [0.05, 0.1) is 18.1 Å². The minimum atomic E-state index is 0.134. The van der Waals surface area contributed by atoms with Gasteiger partial charge in [0, 0.05) is 0 Å². The lowest BCUT2D eigenvalue weighted by atomic mass is 10.4. The summed E-state index contributed by atoms with van der Waals surface area (Å²) in [4.78, 5) is 9.78. The molecule has 1 radical (unpaired) electrons. The average molecular weight is 162 g/mol. The minimum Gasteiger partial charge on any atom is -0.290 e. The summed E-state index contributed by atoms with van der Waals surface area (Å²) in [5.74, 6) is 0. The van der Waals surface area contributed by atoms with E-state index in [0.717, 1.165) is 11.7 Å². The number of carbonyl (C=O) groups excluding carboxylic acids is 1. The molecule has 0 bridgehead atoms. The number of nitrogens with zero attached hydrogens (tertiary/aromatic N) is 2. The van der Waals surface area contributed by atoms with E-state index in [-0.39, 0.29) is 6.42 Å². The maximum Gasteiger partial charge on any atom is 0.204 e. The van der Waals surface area contributed by atoms with Gasteiger partial charge in [-0.2, -0.15) is 8.75 Å². The van der Waals surface area contributed by atoms with Crippen LogP contribution in [0.3, 0.4) is 0 Å². The molecule has 0 aliphatic carbocycles. The molecule has 0 fully saturated rings. The first kappa shape index (κ1) is 6.64. The zero-order valence-corrected chi connectivity index (χ0v) is 5.87. The van der Waals surface area contributed by atoms with E-state index in [1.807, 2.05) is 0 Å². The lowest BCUT2D eigenvalue weighted by molar-refractivity contribution is 0.555. The van der Waals surface area contributed by atoms with Crippen molar-refractivity contribution in [3.05, 3.63) is 10.8 Å². The van der Waals surface area contributed by atoms with Crippen molar-refractivity contribution in [2.75, 3.05) is 0 Å². The molecule has 0 saturated heterocycles. The molecule has 0 unspecified atom stereocenters. The molecule has 1 aromatic rings. The van der Waals surface area contributed by atoms with Crippen LogP contribution in [0.15, 0.2) is 0 Å². The molecule has 0 amide bonds. The molecule has 0 spiro atoms. The maximum atomic E-state index is 9.78. The Morgan fingerprint density at radius 2 is 2.44 bits per heavy atom. The molecule has 9 heavy (non-hydrogen) atoms. The normalized spacial score (nSPS) is 9.44. The first-order valence-electron chi connectivity index (χ1n) is 2.16. The van der Waals surface area contributed by atoms with Gasteiger partial charge in [0.2, 0.25) is 6.29 Å². The van der Waals surface area contributed by atoms with E-state index >= 15 is 0 Å². The summed E-state index contributed by atoms with van der Waals surface area (Å²) in [6, 6.07) is 0. The molecule has 0 atom stereocenters. The molecule has 0 N–H and O–H groups in total. The van der Waals surface area contributed by atoms with Gasteiger partial charge in [-0.1, -0.05) is 11.6 Å². The van der Waals surface area contributed by atoms with Crippen LogP contribution in [0.1, 0.15) is 5.69 Å². The molecule has 1 rings (SSSR count). The minimum absolute atomic E-state index is 0.134. The quantitative estimate of drug-likeness (QED) is 0.646. The molecule has 0 aliphatic rings. The van der Waals surface area contributed by atoms with Gasteiger partial charge in [0.15, 0.2) is 5.15 Å². The molecule has 0 aliphatic heterocycles. The summed E-state index contributed by atoms with van der Waals surface area (Å²) in [5, 5.41) is 0.309. The molecule has 1 aromatic heterocycles. The van der Waals surface area contributed by atoms with E-state index in [2.05, 4.69) is 8.75 Å². The Morgan fingerprint density at radius 3 is 2.89 bits per heavy atom. The first-order chi connectivity index (χ1) is 4.34. The lowest BCUT2D eigenvalue weighted by Crippen LogP contribution is -1.84. The summed E-state index contributed by atoms with van der Waals surface area (Å²) in [5.41, 5.74) is 0.511. The van der Waals surface area contributed by atoms with E-state index in [1.165, 1.54) is 0 Å². The SMILES string of the molecule is O=[C]Cc1nsnc1Cl. The van der Waals surface area contributed by atoms with Gasteiger partial charge in [-0.3, -0.25) is 4.79 Å². The van der Waals surface area contributed by atoms with Crippen LogP contribution in [-0.2, 0) is 11.2 Å². The Labute approximate surface area is 61.0 Å². The third-order valence-corrected chi connectivity index (χ3v) is 1.72. The van der Waals surface area contributed by atoms with Gasteiger partial charge in [-0.15, -0.1) is 0 Å². The molecule has 3 nitrogen and oxygen atoms in total. The van der Waals surface area contributed by atoms with Crippen molar-refractivity contribution < 1.29 is 4.79 Å². The summed E-state index contributed by atoms with van der Waals surface area (Å²) in [6.45, 7) is 0. The Hall–Kier alpha value is -0.480. The van der Waals surface area contributed by atoms with E-state index in [9.17, 15) is 4.79 Å². The predicted molar refractivity (Wildman–Crippen MR) is 34.3 cm³/mol. The maximum absolute atomic E-state index is 9.78. The van der Waals surface area contributed by atoms with E-state index in [0.29, 0.717) is 10.8 Å². The van der Waals surface area contributed by atoms with Crippen molar-refractivity contribution in [3.8, 4) is 0 Å². The fourth-order valence-electron chi connectivity index (χ4n) is 0.369. The zero-order chi connectivity index (χ0) is 6.69. The summed E-state index contributed by atoms with van der Waals surface area (Å²) in [7, 11) is 0. The summed E-state index contributed by atoms with van der Waals surface area (Å²) in [6.07, 6.45) is 1.81. The van der Waals surface area contributed by atoms with E-state index in [4.69, 9.17) is 11.6 Å². The second-order valence-electron chi connectivity index (χ2n) is 1.32. The van der Waals surface area contributed by atoms with Crippen LogP contribution in [0.2, 0.25) is 5.15 Å². The molecule has 5 heteroatoms. The predicted octanol–water partition coefficient (Wildman–Crippen LogP) is 0.844. The monoisotopic (exact) mass is 161 g/mol. The highest BCUT2D eigenvalue weighted by Gasteiger charge is 2.02. The zero-order valence-electron chi connectivity index (χ0n) is 4.30. The molecular formula is C4H2ClN2OS. The average Bonchev–Trinajstić information content (AvgIpc) is 2.18. The third kappa shape index (κ3) is 1.46. The second-order valence-corrected chi connectivity index (χ2v) is 2.21. The van der Waals surface area contributed by atoms with Crippen molar-refractivity contribution in [1.82, 2.24) is 8.75 Å². The fourth-order valence-corrected chi connectivity index (χ4v) is 1.09. The van der Waals surface area contributed by atoms with Crippen LogP contribution in [0.5, 0.6) is 0 Å². The number of hydrogen-bond acceptors (Lipinski definition) is 4. The van der Waals surface area contributed by atoms with Crippen LogP contribution in [0.25, 0.3) is 0 Å². The van der Waals surface area contributed by atoms with Crippen LogP contribution >= 0.6 is 23.3 Å². The largest absolute Gasteiger partial charge is 0.290 e. The summed E-state index contributed by atoms with van der Waals surface area (Å²) < 4.78 is 7.39. The second kappa shape index (κ2) is 2.89. The van der Waals surface area contributed by atoms with Crippen molar-refractivity contribution in [3.63, 3.8) is 0 Å². The highest BCUT2D eigenvalue weighted by atomic mass is 35.5. The van der Waals surface area contributed by atoms with Gasteiger partial charge in [-0.25, -0.2) is 0 Å². The van der Waals surface area contributed by atoms with Gasteiger partial charge >= 0.3 is 0 Å². The number of aromatic nitrogens is 2. The van der Waals surface area contributed by atoms with Gasteiger partial charge in [0.1, 0.15) is 5.69 Å². The van der Waals surface area contributed by atoms with Crippen molar-refractivity contribution in [2.45, 2.75) is 6.42 Å². The Bertz CT molecular complexity index is 212. The number of hydrogen-bond donors (Lipinski definition) is 0. The van der Waals surface area contributed by atoms with Crippen LogP contribution in [0.4, 0.5) is 0 Å². The van der Waals surface area contributed by atoms with Crippen molar-refractivity contribution in [1.29, 1.82) is 0 Å². The topological polar surface area (TPSA) is 42.9 Å². The number of rotatable bonds is 2. The first-order valence-corrected chi connectivity index (χ1v) is 3.27. The van der Waals surface area contributed by atoms with Crippen molar-refractivity contribution in [2.24, 2.45) is 0 Å². The fraction of sp³-hybridized carbons (Fsp3) is 0.250. The molecular weight excluding hydrogens is 160 g/mol. The molecule has 0 saturated carbocycles. The standard InChI is InChI=1S/C4H2ClN2OS/c5-4-3(1-2-8)6-9-7-4/h1H2. The molecule has 0 aromatic carbocycles. The van der Waals surface area contributed by atoms with Gasteiger partial charge in [-0.05, 0) is 0 Å². The van der Waals surface area contributed by atoms with E-state index in [1.54, 1.807) is 6.29 Å². The third-order valence-electron chi connectivity index (χ3n) is 0.750. The van der Waals surface area contributed by atoms with Gasteiger partial charge < -0.3 is 0 Å². The highest BCUT2D eigenvalue weighted by molar-refractivity contribution is 6.99. The van der Waals surface area contributed by atoms with Crippen LogP contribution < -0.4 is 0 Å². The highest BCUT2D eigenvalue weighted by Crippen LogP contribution is 2.11. The Morgan fingerprint density at radius 1 is 1.67 bits per heavy atom. The summed E-state index contributed by atoms with van der Waals surface area (Å²) >= 11 is 6.47. The number of halogens is 1. The van der Waals surface area contributed by atoms with Crippen molar-refractivity contribution >= 4 is 29.6 Å². The molecule has 1 heterocycles. The Kier molecular flexibility index (Phi) is 2.13. The van der Waals surface area contributed by atoms with E-state index < -0.39 is 0 Å². The van der Waals surface area contributed by atoms with Crippen LogP contribution in [0, 0.1) is 0 Å².